The molecule has 0 aromatic rings. The van der Waals surface area contributed by atoms with Gasteiger partial charge in [0.05, 0.1) is 59.3 Å². The lowest BCUT2D eigenvalue weighted by Gasteiger charge is -2.18. The second-order valence-corrected chi connectivity index (χ2v) is 8.87. The van der Waals surface area contributed by atoms with Crippen LogP contribution in [0.4, 0.5) is 0 Å². The summed E-state index contributed by atoms with van der Waals surface area (Å²) in [5.74, 6) is -1.11. The van der Waals surface area contributed by atoms with Crippen molar-refractivity contribution in [1.29, 1.82) is 0 Å². The number of rotatable bonds is 27. The van der Waals surface area contributed by atoms with Crippen LogP contribution >= 0.6 is 0 Å². The van der Waals surface area contributed by atoms with Crippen LogP contribution in [0, 0.1) is 0 Å². The van der Waals surface area contributed by atoms with Crippen LogP contribution in [0.2, 0.25) is 0 Å². The fourth-order valence-electron chi connectivity index (χ4n) is 3.01. The van der Waals surface area contributed by atoms with Gasteiger partial charge in [-0.3, -0.25) is 19.2 Å². The molecule has 0 bridgehead atoms. The lowest BCUT2D eigenvalue weighted by atomic mass is 10.1. The highest BCUT2D eigenvalue weighted by molar-refractivity contribution is 5.79. The van der Waals surface area contributed by atoms with Crippen molar-refractivity contribution in [1.82, 2.24) is 10.6 Å². The van der Waals surface area contributed by atoms with E-state index in [-0.39, 0.29) is 43.7 Å². The largest absolute Gasteiger partial charge is 0.481 e. The first-order valence-corrected chi connectivity index (χ1v) is 14.7. The summed E-state index contributed by atoms with van der Waals surface area (Å²) in [6.45, 7) is 7.28. The number of carbonyl (C=O) groups excluding carboxylic acids is 3. The molecule has 0 saturated carbocycles. The van der Waals surface area contributed by atoms with Crippen molar-refractivity contribution in [3.05, 3.63) is 0 Å². The average molecular weight is 611 g/mol. The number of nitrogens with two attached hydrogens (primary N) is 4. The van der Waals surface area contributed by atoms with Gasteiger partial charge in [-0.05, 0) is 45.3 Å². The van der Waals surface area contributed by atoms with E-state index in [1.807, 2.05) is 0 Å². The predicted octanol–water partition coefficient (Wildman–Crippen LogP) is -0.767. The topological polar surface area (TPSA) is 254 Å². The Bertz CT molecular complexity index is 617. The summed E-state index contributed by atoms with van der Waals surface area (Å²) in [7, 11) is 0. The highest BCUT2D eigenvalue weighted by Gasteiger charge is 2.16. The molecule has 15 heteroatoms. The number of primary amides is 1. The number of nitrogens with one attached hydrogen (secondary N) is 2. The zero-order valence-corrected chi connectivity index (χ0v) is 25.5. The lowest BCUT2D eigenvalue weighted by Crippen LogP contribution is -2.40. The van der Waals surface area contributed by atoms with E-state index in [2.05, 4.69) is 23.3 Å². The third-order valence-electron chi connectivity index (χ3n) is 5.11. The number of hydrogen-bond donors (Lipinski definition) is 7. The fraction of sp³-hybridized carbons (Fsp3) is 0.852. The summed E-state index contributed by atoms with van der Waals surface area (Å²) in [4.78, 5) is 43.0. The number of carboxylic acids is 1. The Balaban J connectivity index is -0.00000167. The van der Waals surface area contributed by atoms with Crippen LogP contribution < -0.4 is 33.6 Å². The Hall–Kier alpha value is -2.40. The van der Waals surface area contributed by atoms with Crippen LogP contribution in [0.1, 0.15) is 64.7 Å². The van der Waals surface area contributed by atoms with E-state index in [0.29, 0.717) is 85.1 Å². The molecule has 0 heterocycles. The van der Waals surface area contributed by atoms with E-state index in [0.717, 1.165) is 19.4 Å². The molecule has 15 nitrogen and oxygen atoms in total. The Morgan fingerprint density at radius 1 is 0.738 bits per heavy atom. The Labute approximate surface area is 251 Å². The van der Waals surface area contributed by atoms with E-state index in [4.69, 9.17) is 46.0 Å². The molecule has 0 aliphatic carbocycles. The summed E-state index contributed by atoms with van der Waals surface area (Å²) in [5, 5.41) is 14.2. The van der Waals surface area contributed by atoms with Crippen LogP contribution in [0.5, 0.6) is 0 Å². The van der Waals surface area contributed by atoms with Gasteiger partial charge in [0.25, 0.3) is 0 Å². The molecule has 0 radical (unpaired) electrons. The van der Waals surface area contributed by atoms with Crippen LogP contribution in [-0.2, 0) is 38.1 Å². The van der Waals surface area contributed by atoms with Gasteiger partial charge >= 0.3 is 5.97 Å². The van der Waals surface area contributed by atoms with Crippen LogP contribution in [0.15, 0.2) is 0 Å². The van der Waals surface area contributed by atoms with Crippen LogP contribution in [-0.4, -0.2) is 114 Å². The molecule has 250 valence electrons. The standard InChI is InChI=1S/C22H44N4O8.C4H11N.CH3NO/c23-7-2-1-4-19(26-20(27)5-3-8-24)18-21(28)25-9-11-32-13-15-34-17-16-33-14-12-31-10-6-22(29)30;1-2-3-4-5;2-1-3/h19H,1-18,23-24H2,(H,25,28)(H,26,27)(H,29,30);2-5H2,1H3;1H,(H2,2,3). The molecule has 0 aromatic heterocycles. The van der Waals surface area contributed by atoms with Crippen molar-refractivity contribution >= 4 is 24.2 Å². The van der Waals surface area contributed by atoms with Gasteiger partial charge in [-0.15, -0.1) is 0 Å². The van der Waals surface area contributed by atoms with E-state index < -0.39 is 5.97 Å². The quantitative estimate of drug-likeness (QED) is 0.0447. The maximum Gasteiger partial charge on any atom is 0.305 e. The van der Waals surface area contributed by atoms with Gasteiger partial charge in [0.1, 0.15) is 0 Å². The Morgan fingerprint density at radius 3 is 1.69 bits per heavy atom. The second-order valence-electron chi connectivity index (χ2n) is 8.87. The molecular weight excluding hydrogens is 552 g/mol. The van der Waals surface area contributed by atoms with Crippen molar-refractivity contribution in [3.63, 3.8) is 0 Å². The monoisotopic (exact) mass is 610 g/mol. The molecular formula is C27H58N6O9. The van der Waals surface area contributed by atoms with Gasteiger partial charge in [-0.25, -0.2) is 0 Å². The van der Waals surface area contributed by atoms with Gasteiger partial charge < -0.3 is 57.6 Å². The molecule has 3 amide bonds. The maximum atomic E-state index is 12.2. The van der Waals surface area contributed by atoms with E-state index >= 15 is 0 Å². The summed E-state index contributed by atoms with van der Waals surface area (Å²) in [6, 6.07) is -0.218. The number of unbranched alkanes of at least 4 members (excludes halogenated alkanes) is 2. The molecule has 1 atom stereocenters. The molecule has 0 aliphatic heterocycles. The van der Waals surface area contributed by atoms with Crippen molar-refractivity contribution in [2.24, 2.45) is 22.9 Å². The number of carbonyl (C=O) groups is 4. The Morgan fingerprint density at radius 2 is 1.24 bits per heavy atom. The van der Waals surface area contributed by atoms with Crippen molar-refractivity contribution < 1.29 is 43.2 Å². The first-order chi connectivity index (χ1) is 20.3. The molecule has 0 saturated heterocycles. The molecule has 42 heavy (non-hydrogen) atoms. The zero-order valence-electron chi connectivity index (χ0n) is 25.5. The van der Waals surface area contributed by atoms with Crippen molar-refractivity contribution in [3.8, 4) is 0 Å². The zero-order chi connectivity index (χ0) is 32.1. The molecule has 0 spiro atoms. The number of hydrogen-bond acceptors (Lipinski definition) is 11. The third kappa shape index (κ3) is 42.1. The van der Waals surface area contributed by atoms with Crippen molar-refractivity contribution in [2.45, 2.75) is 70.8 Å². The van der Waals surface area contributed by atoms with Gasteiger partial charge in [0.2, 0.25) is 18.2 Å². The van der Waals surface area contributed by atoms with Gasteiger partial charge in [0.15, 0.2) is 0 Å². The summed E-state index contributed by atoms with van der Waals surface area (Å²) in [6.07, 6.45) is 6.21. The highest BCUT2D eigenvalue weighted by atomic mass is 16.6. The van der Waals surface area contributed by atoms with E-state index in [1.54, 1.807) is 0 Å². The minimum atomic E-state index is -0.888. The normalized spacial score (nSPS) is 10.9. The first kappa shape index (κ1) is 44.0. The predicted molar refractivity (Wildman–Crippen MR) is 160 cm³/mol. The van der Waals surface area contributed by atoms with Gasteiger partial charge in [-0.1, -0.05) is 19.8 Å². The summed E-state index contributed by atoms with van der Waals surface area (Å²) < 4.78 is 21.2. The Kier molecular flexibility index (Phi) is 40.5. The smallest absolute Gasteiger partial charge is 0.305 e. The van der Waals surface area contributed by atoms with E-state index in [1.165, 1.54) is 12.8 Å². The SMILES string of the molecule is CCCCN.NC=O.NCCCCC(CC(=O)NCCOCCOCCOCCOCCC(=O)O)NC(=O)CCCN. The number of amides is 3. The van der Waals surface area contributed by atoms with Crippen LogP contribution in [0.25, 0.3) is 0 Å². The molecule has 0 aromatic carbocycles. The van der Waals surface area contributed by atoms with Gasteiger partial charge in [-0.2, -0.15) is 0 Å². The first-order valence-electron chi connectivity index (χ1n) is 14.7. The van der Waals surface area contributed by atoms with Crippen LogP contribution in [0.3, 0.4) is 0 Å². The van der Waals surface area contributed by atoms with Gasteiger partial charge in [0, 0.05) is 25.4 Å². The number of aliphatic carboxylic acids is 1. The summed E-state index contributed by atoms with van der Waals surface area (Å²) >= 11 is 0. The average Bonchev–Trinajstić information content (AvgIpc) is 2.95. The maximum absolute atomic E-state index is 12.2. The molecule has 0 rings (SSSR count). The molecule has 0 aliphatic rings. The second kappa shape index (κ2) is 38.6. The van der Waals surface area contributed by atoms with E-state index in [9.17, 15) is 14.4 Å². The number of carboxylic acid groups (broad SMARTS) is 1. The third-order valence-corrected chi connectivity index (χ3v) is 5.11. The molecule has 11 N–H and O–H groups in total. The van der Waals surface area contributed by atoms with Crippen molar-refractivity contribution in [2.75, 3.05) is 79.0 Å². The molecule has 1 unspecified atom stereocenters. The minimum absolute atomic E-state index is 0.0175. The lowest BCUT2D eigenvalue weighted by molar-refractivity contribution is -0.138. The fourth-order valence-corrected chi connectivity index (χ4v) is 3.01. The number of ether oxygens (including phenoxy) is 4. The minimum Gasteiger partial charge on any atom is -0.481 e. The molecule has 0 fully saturated rings. The highest BCUT2D eigenvalue weighted by Crippen LogP contribution is 2.05. The summed E-state index contributed by atoms with van der Waals surface area (Å²) in [5.41, 5.74) is 20.3.